The van der Waals surface area contributed by atoms with Gasteiger partial charge in [-0.1, -0.05) is 6.07 Å². The van der Waals surface area contributed by atoms with Gasteiger partial charge in [0.05, 0.1) is 17.9 Å². The fraction of sp³-hybridized carbons (Fsp3) is 0.417. The highest BCUT2D eigenvalue weighted by Crippen LogP contribution is 2.28. The quantitative estimate of drug-likeness (QED) is 0.764. The van der Waals surface area contributed by atoms with Gasteiger partial charge in [0.25, 0.3) is 5.91 Å². The molecular formula is C12H16N2O3. The Hall–Kier alpha value is -1.75. The van der Waals surface area contributed by atoms with Crippen molar-refractivity contribution in [1.82, 2.24) is 0 Å². The number of amides is 1. The summed E-state index contributed by atoms with van der Waals surface area (Å²) in [6.07, 6.45) is 1.78. The van der Waals surface area contributed by atoms with Crippen molar-refractivity contribution in [2.75, 3.05) is 18.9 Å². The molecule has 0 aromatic heterocycles. The normalized spacial score (nSPS) is 19.9. The maximum atomic E-state index is 11.3. The van der Waals surface area contributed by atoms with Crippen LogP contribution in [0.5, 0.6) is 5.75 Å². The molecule has 1 aromatic carbocycles. The van der Waals surface area contributed by atoms with Crippen LogP contribution in [0.15, 0.2) is 18.2 Å². The Morgan fingerprint density at radius 2 is 2.29 bits per heavy atom. The largest absolute Gasteiger partial charge is 0.485 e. The van der Waals surface area contributed by atoms with Gasteiger partial charge in [-0.2, -0.15) is 0 Å². The van der Waals surface area contributed by atoms with Crippen molar-refractivity contribution in [1.29, 1.82) is 0 Å². The summed E-state index contributed by atoms with van der Waals surface area (Å²) in [4.78, 5) is 11.3. The molecule has 1 heterocycles. The van der Waals surface area contributed by atoms with Gasteiger partial charge < -0.3 is 20.9 Å². The maximum Gasteiger partial charge on any atom is 0.252 e. The van der Waals surface area contributed by atoms with Crippen molar-refractivity contribution in [2.24, 2.45) is 5.73 Å². The third-order valence-corrected chi connectivity index (χ3v) is 2.71. The van der Waals surface area contributed by atoms with Crippen molar-refractivity contribution in [3.8, 4) is 5.75 Å². The van der Waals surface area contributed by atoms with E-state index in [9.17, 15) is 4.79 Å². The van der Waals surface area contributed by atoms with Crippen LogP contribution >= 0.6 is 0 Å². The summed E-state index contributed by atoms with van der Waals surface area (Å²) in [7, 11) is 0. The average Bonchev–Trinajstić information content (AvgIpc) is 2.33. The summed E-state index contributed by atoms with van der Waals surface area (Å²) in [5.74, 6) is -0.167. The minimum absolute atomic E-state index is 0.0634. The molecule has 1 fully saturated rings. The standard InChI is InChI=1S/C12H16N2O3/c13-10-5-1-4-9(12(14)15)11(10)17-8-3-2-6-16-7-8/h1,4-5,8H,2-3,6-7,13H2,(H2,14,15). The van der Waals surface area contributed by atoms with Gasteiger partial charge in [0.1, 0.15) is 6.10 Å². The number of nitrogen functional groups attached to an aromatic ring is 1. The van der Waals surface area contributed by atoms with Gasteiger partial charge in [-0.25, -0.2) is 0 Å². The van der Waals surface area contributed by atoms with Crippen LogP contribution in [0.4, 0.5) is 5.69 Å². The monoisotopic (exact) mass is 236 g/mol. The van der Waals surface area contributed by atoms with Crippen LogP contribution in [0.2, 0.25) is 0 Å². The number of hydrogen-bond donors (Lipinski definition) is 2. The van der Waals surface area contributed by atoms with Gasteiger partial charge >= 0.3 is 0 Å². The van der Waals surface area contributed by atoms with Crippen LogP contribution in [0.1, 0.15) is 23.2 Å². The summed E-state index contributed by atoms with van der Waals surface area (Å²) < 4.78 is 11.0. The number of anilines is 1. The lowest BCUT2D eigenvalue weighted by Gasteiger charge is -2.24. The number of carbonyl (C=O) groups excluding carboxylic acids is 1. The number of rotatable bonds is 3. The lowest BCUT2D eigenvalue weighted by atomic mass is 10.1. The fourth-order valence-corrected chi connectivity index (χ4v) is 1.85. The van der Waals surface area contributed by atoms with E-state index in [1.165, 1.54) is 0 Å². The highest BCUT2D eigenvalue weighted by atomic mass is 16.5. The molecule has 92 valence electrons. The molecule has 5 heteroatoms. The molecule has 1 aliphatic heterocycles. The van der Waals surface area contributed by atoms with Crippen molar-refractivity contribution in [2.45, 2.75) is 18.9 Å². The molecule has 0 radical (unpaired) electrons. The summed E-state index contributed by atoms with van der Waals surface area (Å²) in [5.41, 5.74) is 11.8. The number of primary amides is 1. The van der Waals surface area contributed by atoms with Crippen LogP contribution in [-0.2, 0) is 4.74 Å². The zero-order chi connectivity index (χ0) is 12.3. The Labute approximate surface area is 99.7 Å². The molecule has 4 N–H and O–H groups in total. The Bertz CT molecular complexity index is 414. The number of nitrogens with two attached hydrogens (primary N) is 2. The molecule has 1 aromatic rings. The van der Waals surface area contributed by atoms with E-state index >= 15 is 0 Å². The van der Waals surface area contributed by atoms with Gasteiger partial charge in [0.2, 0.25) is 0 Å². The van der Waals surface area contributed by atoms with Crippen molar-refractivity contribution >= 4 is 11.6 Å². The third-order valence-electron chi connectivity index (χ3n) is 2.71. The predicted octanol–water partition coefficient (Wildman–Crippen LogP) is 0.926. The second-order valence-corrected chi connectivity index (χ2v) is 4.05. The SMILES string of the molecule is NC(=O)c1cccc(N)c1OC1CCCOC1. The van der Waals surface area contributed by atoms with Crippen LogP contribution in [0, 0.1) is 0 Å². The average molecular weight is 236 g/mol. The Morgan fingerprint density at radius 1 is 1.47 bits per heavy atom. The number of ether oxygens (including phenoxy) is 2. The van der Waals surface area contributed by atoms with E-state index < -0.39 is 5.91 Å². The molecule has 1 unspecified atom stereocenters. The fourth-order valence-electron chi connectivity index (χ4n) is 1.85. The van der Waals surface area contributed by atoms with Crippen LogP contribution in [0.3, 0.4) is 0 Å². The zero-order valence-electron chi connectivity index (χ0n) is 9.52. The molecule has 5 nitrogen and oxygen atoms in total. The Balaban J connectivity index is 2.21. The minimum atomic E-state index is -0.538. The first kappa shape index (κ1) is 11.7. The molecule has 0 saturated carbocycles. The second kappa shape index (κ2) is 5.05. The van der Waals surface area contributed by atoms with Crippen molar-refractivity contribution < 1.29 is 14.3 Å². The predicted molar refractivity (Wildman–Crippen MR) is 63.8 cm³/mol. The first-order chi connectivity index (χ1) is 8.18. The zero-order valence-corrected chi connectivity index (χ0v) is 9.52. The highest BCUT2D eigenvalue weighted by Gasteiger charge is 2.20. The van der Waals surface area contributed by atoms with Crippen LogP contribution < -0.4 is 16.2 Å². The van der Waals surface area contributed by atoms with Crippen molar-refractivity contribution in [3.05, 3.63) is 23.8 Å². The Kier molecular flexibility index (Phi) is 3.49. The molecule has 0 spiro atoms. The topological polar surface area (TPSA) is 87.6 Å². The van der Waals surface area contributed by atoms with E-state index in [1.54, 1.807) is 18.2 Å². The number of carbonyl (C=O) groups is 1. The summed E-state index contributed by atoms with van der Waals surface area (Å²) in [5, 5.41) is 0. The molecule has 1 aliphatic rings. The number of benzene rings is 1. The van der Waals surface area contributed by atoms with Crippen LogP contribution in [-0.4, -0.2) is 25.2 Å². The van der Waals surface area contributed by atoms with E-state index in [0.717, 1.165) is 19.4 Å². The van der Waals surface area contributed by atoms with Gasteiger partial charge in [0, 0.05) is 6.61 Å². The van der Waals surface area contributed by atoms with E-state index in [-0.39, 0.29) is 6.10 Å². The molecule has 0 bridgehead atoms. The van der Waals surface area contributed by atoms with Gasteiger partial charge in [-0.3, -0.25) is 4.79 Å². The van der Waals surface area contributed by atoms with Gasteiger partial charge in [-0.15, -0.1) is 0 Å². The number of para-hydroxylation sites is 1. The highest BCUT2D eigenvalue weighted by molar-refractivity contribution is 5.97. The first-order valence-electron chi connectivity index (χ1n) is 5.61. The third kappa shape index (κ3) is 2.68. The van der Waals surface area contributed by atoms with Crippen molar-refractivity contribution in [3.63, 3.8) is 0 Å². The molecule has 1 saturated heterocycles. The molecule has 17 heavy (non-hydrogen) atoms. The summed E-state index contributed by atoms with van der Waals surface area (Å²) in [6.45, 7) is 1.28. The van der Waals surface area contributed by atoms with Gasteiger partial charge in [-0.05, 0) is 25.0 Å². The summed E-state index contributed by atoms with van der Waals surface area (Å²) >= 11 is 0. The minimum Gasteiger partial charge on any atom is -0.485 e. The lowest BCUT2D eigenvalue weighted by molar-refractivity contribution is 0.00744. The van der Waals surface area contributed by atoms with E-state index in [4.69, 9.17) is 20.9 Å². The smallest absolute Gasteiger partial charge is 0.252 e. The maximum absolute atomic E-state index is 11.3. The van der Waals surface area contributed by atoms with E-state index in [1.807, 2.05) is 0 Å². The lowest BCUT2D eigenvalue weighted by Crippen LogP contribution is -2.29. The van der Waals surface area contributed by atoms with E-state index in [0.29, 0.717) is 23.6 Å². The first-order valence-corrected chi connectivity index (χ1v) is 5.61. The van der Waals surface area contributed by atoms with Gasteiger partial charge in [0.15, 0.2) is 5.75 Å². The molecule has 1 atom stereocenters. The van der Waals surface area contributed by atoms with E-state index in [2.05, 4.69) is 0 Å². The molecule has 2 rings (SSSR count). The summed E-state index contributed by atoms with van der Waals surface area (Å²) in [6, 6.07) is 4.98. The second-order valence-electron chi connectivity index (χ2n) is 4.05. The van der Waals surface area contributed by atoms with Crippen LogP contribution in [0.25, 0.3) is 0 Å². The Morgan fingerprint density at radius 3 is 2.94 bits per heavy atom. The molecule has 0 aliphatic carbocycles. The molecule has 1 amide bonds. The number of hydrogen-bond acceptors (Lipinski definition) is 4. The molecular weight excluding hydrogens is 220 g/mol.